The Labute approximate surface area is 174 Å². The van der Waals surface area contributed by atoms with Crippen molar-refractivity contribution in [3.8, 4) is 5.88 Å². The molecule has 0 aliphatic carbocycles. The van der Waals surface area contributed by atoms with Crippen LogP contribution in [0.25, 0.3) is 21.2 Å². The van der Waals surface area contributed by atoms with E-state index in [4.69, 9.17) is 26.6 Å². The predicted octanol–water partition coefficient (Wildman–Crippen LogP) is 5.07. The van der Waals surface area contributed by atoms with E-state index in [9.17, 15) is 4.79 Å². The lowest BCUT2D eigenvalue weighted by Crippen LogP contribution is -2.36. The molecule has 0 unspecified atom stereocenters. The third kappa shape index (κ3) is 5.85. The molecule has 0 bridgehead atoms. The third-order valence-corrected chi connectivity index (χ3v) is 4.23. The van der Waals surface area contributed by atoms with Crippen molar-refractivity contribution < 1.29 is 14.3 Å². The zero-order chi connectivity index (χ0) is 21.8. The van der Waals surface area contributed by atoms with E-state index in [0.717, 1.165) is 5.39 Å². The molecule has 0 atom stereocenters. The van der Waals surface area contributed by atoms with Gasteiger partial charge in [0.2, 0.25) is 5.88 Å². The highest BCUT2D eigenvalue weighted by Crippen LogP contribution is 2.35. The molecule has 0 aliphatic heterocycles. The van der Waals surface area contributed by atoms with Gasteiger partial charge in [-0.25, -0.2) is 14.8 Å². The molecule has 2 aromatic heterocycles. The Morgan fingerprint density at radius 2 is 1.93 bits per heavy atom. The van der Waals surface area contributed by atoms with E-state index in [-0.39, 0.29) is 6.61 Å². The van der Waals surface area contributed by atoms with Crippen LogP contribution in [0, 0.1) is 0 Å². The maximum Gasteiger partial charge on any atom is 0.410 e. The number of carbonyl (C=O) groups excluding carboxylic acids is 1. The third-order valence-electron chi connectivity index (χ3n) is 4.03. The number of azide groups is 1. The molecule has 0 aromatic carbocycles. The quantitative estimate of drug-likeness (QED) is 0.280. The normalized spacial score (nSPS) is 11.7. The largest absolute Gasteiger partial charge is 0.475 e. The van der Waals surface area contributed by atoms with Crippen molar-refractivity contribution in [2.24, 2.45) is 5.11 Å². The Kier molecular flexibility index (Phi) is 6.77. The summed E-state index contributed by atoms with van der Waals surface area (Å²) in [6, 6.07) is 1.68. The highest BCUT2D eigenvalue weighted by molar-refractivity contribution is 6.30. The van der Waals surface area contributed by atoms with Crippen LogP contribution in [0.15, 0.2) is 23.6 Å². The fourth-order valence-corrected chi connectivity index (χ4v) is 2.72. The smallest absolute Gasteiger partial charge is 0.410 e. The monoisotopic (exact) mass is 420 g/mol. The van der Waals surface area contributed by atoms with Gasteiger partial charge in [-0.1, -0.05) is 30.6 Å². The molecule has 0 fully saturated rings. The van der Waals surface area contributed by atoms with Gasteiger partial charge in [0, 0.05) is 24.4 Å². The molecule has 2 rings (SSSR count). The van der Waals surface area contributed by atoms with E-state index in [2.05, 4.69) is 20.0 Å². The van der Waals surface area contributed by atoms with Gasteiger partial charge < -0.3 is 14.4 Å². The molecule has 156 valence electrons. The number of nitrogens with zero attached hydrogens (tertiary/aromatic N) is 6. The molecule has 0 spiro atoms. The Morgan fingerprint density at radius 1 is 1.24 bits per heavy atom. The van der Waals surface area contributed by atoms with Crippen LogP contribution in [0.2, 0.25) is 5.15 Å². The number of rotatable bonds is 6. The van der Waals surface area contributed by atoms with Crippen LogP contribution in [-0.2, 0) is 10.3 Å². The summed E-state index contributed by atoms with van der Waals surface area (Å²) in [6.45, 7) is 9.51. The number of hydrogen-bond acceptors (Lipinski definition) is 6. The van der Waals surface area contributed by atoms with Crippen LogP contribution in [0.5, 0.6) is 5.88 Å². The molecule has 0 aliphatic rings. The number of amides is 1. The van der Waals surface area contributed by atoms with E-state index in [1.165, 1.54) is 4.90 Å². The van der Waals surface area contributed by atoms with Gasteiger partial charge >= 0.3 is 6.09 Å². The van der Waals surface area contributed by atoms with Crippen molar-refractivity contribution in [3.63, 3.8) is 0 Å². The second-order valence-electron chi connectivity index (χ2n) is 8.03. The average molecular weight is 421 g/mol. The first-order valence-electron chi connectivity index (χ1n) is 9.02. The fourth-order valence-electron chi connectivity index (χ4n) is 2.56. The molecular weight excluding hydrogens is 396 g/mol. The summed E-state index contributed by atoms with van der Waals surface area (Å²) in [4.78, 5) is 24.9. The van der Waals surface area contributed by atoms with Crippen molar-refractivity contribution in [1.82, 2.24) is 14.9 Å². The van der Waals surface area contributed by atoms with Crippen molar-refractivity contribution >= 4 is 28.5 Å². The van der Waals surface area contributed by atoms with Crippen molar-refractivity contribution in [3.05, 3.63) is 39.6 Å². The van der Waals surface area contributed by atoms with Crippen molar-refractivity contribution in [2.45, 2.75) is 45.8 Å². The number of carbonyl (C=O) groups is 1. The SMILES string of the molecule is CN(CCOc1ncc(C(C)(C)N=[N+]=[N-])c2cc(Cl)ncc12)C(=O)OC(C)(C)C. The van der Waals surface area contributed by atoms with Gasteiger partial charge in [-0.2, -0.15) is 0 Å². The topological polar surface area (TPSA) is 113 Å². The lowest BCUT2D eigenvalue weighted by Gasteiger charge is -2.24. The van der Waals surface area contributed by atoms with Gasteiger partial charge in [0.1, 0.15) is 17.4 Å². The molecule has 29 heavy (non-hydrogen) atoms. The molecule has 1 amide bonds. The maximum absolute atomic E-state index is 12.0. The Balaban J connectivity index is 2.23. The second-order valence-corrected chi connectivity index (χ2v) is 8.42. The highest BCUT2D eigenvalue weighted by atomic mass is 35.5. The number of fused-ring (bicyclic) bond motifs is 1. The number of aromatic nitrogens is 2. The molecule has 0 N–H and O–H groups in total. The Morgan fingerprint density at radius 3 is 2.55 bits per heavy atom. The van der Waals surface area contributed by atoms with Crippen LogP contribution in [0.1, 0.15) is 40.2 Å². The molecule has 0 radical (unpaired) electrons. The fraction of sp³-hybridized carbons (Fsp3) is 0.526. The van der Waals surface area contributed by atoms with E-state index in [0.29, 0.717) is 28.5 Å². The first-order valence-corrected chi connectivity index (χ1v) is 9.40. The van der Waals surface area contributed by atoms with Crippen LogP contribution < -0.4 is 4.74 Å². The molecule has 0 saturated heterocycles. The minimum absolute atomic E-state index is 0.208. The number of ether oxygens (including phenoxy) is 2. The summed E-state index contributed by atoms with van der Waals surface area (Å²) < 4.78 is 11.1. The molecule has 10 heteroatoms. The Bertz CT molecular complexity index is 951. The van der Waals surface area contributed by atoms with Crippen LogP contribution >= 0.6 is 11.6 Å². The second kappa shape index (κ2) is 8.71. The first-order chi connectivity index (χ1) is 13.4. The van der Waals surface area contributed by atoms with Gasteiger partial charge in [-0.05, 0) is 43.3 Å². The molecule has 0 saturated carbocycles. The minimum atomic E-state index is -0.833. The number of likely N-dealkylation sites (N-methyl/N-ethyl adjacent to an activating group) is 1. The summed E-state index contributed by atoms with van der Waals surface area (Å²) in [5.74, 6) is 0.349. The molecular formula is C19H25ClN6O3. The summed E-state index contributed by atoms with van der Waals surface area (Å²) >= 11 is 6.07. The summed E-state index contributed by atoms with van der Waals surface area (Å²) in [5, 5.41) is 5.51. The number of hydrogen-bond donors (Lipinski definition) is 0. The van der Waals surface area contributed by atoms with Gasteiger partial charge in [0.15, 0.2) is 0 Å². The number of halogens is 1. The van der Waals surface area contributed by atoms with Crippen molar-refractivity contribution in [1.29, 1.82) is 0 Å². The van der Waals surface area contributed by atoms with E-state index >= 15 is 0 Å². The average Bonchev–Trinajstić information content (AvgIpc) is 2.59. The van der Waals surface area contributed by atoms with Gasteiger partial charge in [0.05, 0.1) is 17.5 Å². The van der Waals surface area contributed by atoms with Gasteiger partial charge in [-0.15, -0.1) is 0 Å². The zero-order valence-corrected chi connectivity index (χ0v) is 18.2. The van der Waals surface area contributed by atoms with Crippen LogP contribution in [0.4, 0.5) is 4.79 Å². The summed E-state index contributed by atoms with van der Waals surface area (Å²) in [5.41, 5.74) is 8.16. The minimum Gasteiger partial charge on any atom is -0.475 e. The van der Waals surface area contributed by atoms with Gasteiger partial charge in [0.25, 0.3) is 0 Å². The highest BCUT2D eigenvalue weighted by Gasteiger charge is 2.24. The van der Waals surface area contributed by atoms with E-state index in [1.54, 1.807) is 39.4 Å². The lowest BCUT2D eigenvalue weighted by atomic mass is 9.93. The summed E-state index contributed by atoms with van der Waals surface area (Å²) in [7, 11) is 1.63. The zero-order valence-electron chi connectivity index (χ0n) is 17.4. The van der Waals surface area contributed by atoms with Crippen LogP contribution in [0.3, 0.4) is 0 Å². The lowest BCUT2D eigenvalue weighted by molar-refractivity contribution is 0.0277. The van der Waals surface area contributed by atoms with Gasteiger partial charge in [-0.3, -0.25) is 0 Å². The van der Waals surface area contributed by atoms with E-state index < -0.39 is 17.2 Å². The molecule has 2 heterocycles. The standard InChI is InChI=1S/C19H25ClN6O3/c1-18(2,3)29-17(27)26(6)7-8-28-16-13-10-22-15(20)9-12(13)14(11-23-16)19(4,5)24-25-21/h9-11H,7-8H2,1-6H3. The maximum atomic E-state index is 12.0. The first kappa shape index (κ1) is 22.5. The van der Waals surface area contributed by atoms with Crippen LogP contribution in [-0.4, -0.2) is 46.8 Å². The molecule has 9 nitrogen and oxygen atoms in total. The van der Waals surface area contributed by atoms with E-state index in [1.807, 2.05) is 20.8 Å². The summed E-state index contributed by atoms with van der Waals surface area (Å²) in [6.07, 6.45) is 2.73. The number of pyridine rings is 2. The molecule has 2 aromatic rings. The predicted molar refractivity (Wildman–Crippen MR) is 111 cm³/mol. The Hall–Kier alpha value is -2.77. The van der Waals surface area contributed by atoms with Crippen molar-refractivity contribution in [2.75, 3.05) is 20.2 Å².